The second-order valence-electron chi connectivity index (χ2n) is 10.8. The fraction of sp³-hybridized carbons (Fsp3) is 0.464. The fourth-order valence-corrected chi connectivity index (χ4v) is 8.07. The van der Waals surface area contributed by atoms with E-state index in [4.69, 9.17) is 0 Å². The molecule has 4 aliphatic rings. The highest BCUT2D eigenvalue weighted by molar-refractivity contribution is 8.00. The Morgan fingerprint density at radius 1 is 1.00 bits per heavy atom. The molecule has 0 saturated heterocycles. The number of fused-ring (bicyclic) bond motifs is 1. The first kappa shape index (κ1) is 22.0. The summed E-state index contributed by atoms with van der Waals surface area (Å²) >= 11 is 1.44. The Labute approximate surface area is 204 Å². The van der Waals surface area contributed by atoms with Crippen molar-refractivity contribution in [2.45, 2.75) is 56.5 Å². The van der Waals surface area contributed by atoms with Crippen molar-refractivity contribution in [3.8, 4) is 11.3 Å². The number of amides is 1. The molecule has 4 aliphatic carbocycles. The van der Waals surface area contributed by atoms with E-state index in [-0.39, 0.29) is 17.8 Å². The molecule has 3 aromatic rings. The van der Waals surface area contributed by atoms with E-state index in [0.29, 0.717) is 11.2 Å². The van der Waals surface area contributed by atoms with Crippen molar-refractivity contribution in [3.05, 3.63) is 54.3 Å². The average Bonchev–Trinajstić information content (AvgIpc) is 2.82. The first-order chi connectivity index (χ1) is 16.5. The van der Waals surface area contributed by atoms with Crippen LogP contribution in [0.2, 0.25) is 0 Å². The van der Waals surface area contributed by atoms with Crippen molar-refractivity contribution in [2.24, 2.45) is 23.2 Å². The van der Waals surface area contributed by atoms with E-state index in [9.17, 15) is 9.18 Å². The van der Waals surface area contributed by atoms with Crippen molar-refractivity contribution >= 4 is 28.4 Å². The zero-order chi connectivity index (χ0) is 23.3. The zero-order valence-corrected chi connectivity index (χ0v) is 20.3. The normalized spacial score (nSPS) is 28.2. The number of carbonyl (C=O) groups excluding carboxylic acids is 1. The molecular weight excluding hydrogens is 445 g/mol. The van der Waals surface area contributed by atoms with E-state index >= 15 is 0 Å². The minimum atomic E-state index is -0.276. The molecule has 176 valence electrons. The standard InChI is InChI=1S/C28H30FN3OS/c1-17(28-13-18-10-19(14-28)12-20(11-18)15-28)30-25(33)16-34-27-24-5-3-2-4-23(24)26(31-32-27)21-6-8-22(29)9-7-21/h2-9,17-20H,10-16H2,1H3,(H,30,33). The molecule has 4 saturated carbocycles. The van der Waals surface area contributed by atoms with Gasteiger partial charge in [0, 0.05) is 22.4 Å². The lowest BCUT2D eigenvalue weighted by molar-refractivity contribution is -0.123. The maximum atomic E-state index is 13.4. The molecule has 1 unspecified atom stereocenters. The number of aromatic nitrogens is 2. The molecule has 1 atom stereocenters. The first-order valence-corrected chi connectivity index (χ1v) is 13.4. The van der Waals surface area contributed by atoms with Crippen LogP contribution in [-0.2, 0) is 4.79 Å². The largest absolute Gasteiger partial charge is 0.352 e. The van der Waals surface area contributed by atoms with Gasteiger partial charge in [0.25, 0.3) is 0 Å². The van der Waals surface area contributed by atoms with Crippen molar-refractivity contribution in [1.29, 1.82) is 0 Å². The molecule has 1 heterocycles. The molecule has 1 N–H and O–H groups in total. The minimum absolute atomic E-state index is 0.0711. The van der Waals surface area contributed by atoms with Crippen LogP contribution in [0, 0.1) is 29.0 Å². The Hall–Kier alpha value is -2.47. The van der Waals surface area contributed by atoms with Gasteiger partial charge in [0.05, 0.1) is 5.75 Å². The van der Waals surface area contributed by atoms with E-state index < -0.39 is 0 Å². The second-order valence-corrected chi connectivity index (χ2v) is 11.7. The van der Waals surface area contributed by atoms with Gasteiger partial charge >= 0.3 is 0 Å². The van der Waals surface area contributed by atoms with E-state index in [0.717, 1.165) is 44.8 Å². The van der Waals surface area contributed by atoms with E-state index in [2.05, 4.69) is 22.4 Å². The molecule has 2 aromatic carbocycles. The monoisotopic (exact) mass is 475 g/mol. The SMILES string of the molecule is CC(NC(=O)CSc1nnc(-c2ccc(F)cc2)c2ccccc12)C12CC3CC(CC(C3)C1)C2. The first-order valence-electron chi connectivity index (χ1n) is 12.4. The summed E-state index contributed by atoms with van der Waals surface area (Å²) in [6.45, 7) is 2.22. The Morgan fingerprint density at radius 3 is 2.26 bits per heavy atom. The third kappa shape index (κ3) is 4.00. The number of rotatable bonds is 6. The molecule has 6 heteroatoms. The second kappa shape index (κ2) is 8.63. The summed E-state index contributed by atoms with van der Waals surface area (Å²) < 4.78 is 13.4. The molecular formula is C28H30FN3OS. The molecule has 1 amide bonds. The van der Waals surface area contributed by atoms with Crippen LogP contribution in [0.4, 0.5) is 4.39 Å². The molecule has 4 bridgehead atoms. The summed E-state index contributed by atoms with van der Waals surface area (Å²) in [5, 5.41) is 14.9. The van der Waals surface area contributed by atoms with Crippen LogP contribution in [0.1, 0.15) is 45.4 Å². The molecule has 4 fully saturated rings. The number of halogens is 1. The van der Waals surface area contributed by atoms with E-state index in [1.165, 1.54) is 62.4 Å². The van der Waals surface area contributed by atoms with Crippen LogP contribution >= 0.6 is 11.8 Å². The number of hydrogen-bond donors (Lipinski definition) is 1. The van der Waals surface area contributed by atoms with E-state index in [1.54, 1.807) is 12.1 Å². The average molecular weight is 476 g/mol. The molecule has 0 radical (unpaired) electrons. The number of benzene rings is 2. The number of thioether (sulfide) groups is 1. The number of nitrogens with one attached hydrogen (secondary N) is 1. The lowest BCUT2D eigenvalue weighted by Crippen LogP contribution is -2.56. The van der Waals surface area contributed by atoms with Crippen LogP contribution < -0.4 is 5.32 Å². The number of carbonyl (C=O) groups is 1. The number of hydrogen-bond acceptors (Lipinski definition) is 4. The van der Waals surface area contributed by atoms with Gasteiger partial charge in [0.1, 0.15) is 16.5 Å². The third-order valence-corrected chi connectivity index (χ3v) is 9.47. The molecule has 7 rings (SSSR count). The Balaban J connectivity index is 1.16. The predicted molar refractivity (Wildman–Crippen MR) is 134 cm³/mol. The minimum Gasteiger partial charge on any atom is -0.352 e. The topological polar surface area (TPSA) is 54.9 Å². The quantitative estimate of drug-likeness (QED) is 0.428. The Kier molecular flexibility index (Phi) is 5.59. The third-order valence-electron chi connectivity index (χ3n) is 8.49. The molecule has 1 aromatic heterocycles. The predicted octanol–water partition coefficient (Wildman–Crippen LogP) is 6.25. The van der Waals surface area contributed by atoms with Crippen molar-refractivity contribution in [3.63, 3.8) is 0 Å². The van der Waals surface area contributed by atoms with Gasteiger partial charge < -0.3 is 5.32 Å². The van der Waals surface area contributed by atoms with Gasteiger partial charge in [0.15, 0.2) is 0 Å². The van der Waals surface area contributed by atoms with Crippen molar-refractivity contribution in [1.82, 2.24) is 15.5 Å². The van der Waals surface area contributed by atoms with Crippen LogP contribution in [0.15, 0.2) is 53.6 Å². The highest BCUT2D eigenvalue weighted by Gasteiger charge is 2.53. The van der Waals surface area contributed by atoms with Crippen LogP contribution in [0.5, 0.6) is 0 Å². The summed E-state index contributed by atoms with van der Waals surface area (Å²) in [4.78, 5) is 13.0. The van der Waals surface area contributed by atoms with E-state index in [1.807, 2.05) is 24.3 Å². The van der Waals surface area contributed by atoms with Crippen LogP contribution in [0.3, 0.4) is 0 Å². The zero-order valence-electron chi connectivity index (χ0n) is 19.5. The van der Waals surface area contributed by atoms with Gasteiger partial charge in [-0.05, 0) is 92.9 Å². The summed E-state index contributed by atoms with van der Waals surface area (Å²) in [5.41, 5.74) is 1.85. The van der Waals surface area contributed by atoms with Crippen molar-refractivity contribution in [2.75, 3.05) is 5.75 Å². The lowest BCUT2D eigenvalue weighted by Gasteiger charge is -2.59. The van der Waals surface area contributed by atoms with Gasteiger partial charge in [-0.3, -0.25) is 4.79 Å². The molecule has 0 spiro atoms. The summed E-state index contributed by atoms with van der Waals surface area (Å²) in [6, 6.07) is 14.5. The Morgan fingerprint density at radius 2 is 1.62 bits per heavy atom. The maximum Gasteiger partial charge on any atom is 0.230 e. The fourth-order valence-electron chi connectivity index (χ4n) is 7.28. The Bertz CT molecular complexity index is 1190. The van der Waals surface area contributed by atoms with Gasteiger partial charge in [-0.15, -0.1) is 10.2 Å². The van der Waals surface area contributed by atoms with Crippen molar-refractivity contribution < 1.29 is 9.18 Å². The highest BCUT2D eigenvalue weighted by Crippen LogP contribution is 2.61. The van der Waals surface area contributed by atoms with Gasteiger partial charge in [0.2, 0.25) is 5.91 Å². The van der Waals surface area contributed by atoms with Crippen LogP contribution in [-0.4, -0.2) is 27.9 Å². The maximum absolute atomic E-state index is 13.4. The summed E-state index contributed by atoms with van der Waals surface area (Å²) in [5.74, 6) is 2.75. The van der Waals surface area contributed by atoms with Gasteiger partial charge in [-0.2, -0.15) is 0 Å². The lowest BCUT2D eigenvalue weighted by atomic mass is 9.48. The highest BCUT2D eigenvalue weighted by atomic mass is 32.2. The van der Waals surface area contributed by atoms with Gasteiger partial charge in [-0.25, -0.2) is 4.39 Å². The van der Waals surface area contributed by atoms with Gasteiger partial charge in [-0.1, -0.05) is 36.0 Å². The molecule has 0 aliphatic heterocycles. The summed E-state index contributed by atoms with van der Waals surface area (Å²) in [6.07, 6.45) is 8.10. The molecule has 34 heavy (non-hydrogen) atoms. The molecule has 4 nitrogen and oxygen atoms in total. The number of nitrogens with zero attached hydrogens (tertiary/aromatic N) is 2. The summed E-state index contributed by atoms with van der Waals surface area (Å²) in [7, 11) is 0. The van der Waals surface area contributed by atoms with Crippen LogP contribution in [0.25, 0.3) is 22.0 Å². The smallest absolute Gasteiger partial charge is 0.230 e.